The van der Waals surface area contributed by atoms with Crippen molar-refractivity contribution in [1.82, 2.24) is 0 Å². The summed E-state index contributed by atoms with van der Waals surface area (Å²) in [7, 11) is 1.56. The summed E-state index contributed by atoms with van der Waals surface area (Å²) in [5.41, 5.74) is 1.54. The van der Waals surface area contributed by atoms with Crippen molar-refractivity contribution in [1.29, 1.82) is 0 Å². The lowest BCUT2D eigenvalue weighted by Gasteiger charge is -2.64. The normalized spacial score (nSPS) is 37.5. The van der Waals surface area contributed by atoms with Crippen LogP contribution in [-0.4, -0.2) is 36.2 Å². The summed E-state index contributed by atoms with van der Waals surface area (Å²) in [5.74, 6) is 1.14. The Morgan fingerprint density at radius 2 is 1.84 bits per heavy atom. The van der Waals surface area contributed by atoms with E-state index in [0.29, 0.717) is 40.5 Å². The van der Waals surface area contributed by atoms with Crippen molar-refractivity contribution in [2.24, 2.45) is 22.7 Å². The van der Waals surface area contributed by atoms with E-state index in [9.17, 15) is 14.7 Å². The molecule has 0 radical (unpaired) electrons. The van der Waals surface area contributed by atoms with E-state index in [4.69, 9.17) is 14.2 Å². The van der Waals surface area contributed by atoms with E-state index in [1.165, 1.54) is 0 Å². The van der Waals surface area contributed by atoms with Crippen molar-refractivity contribution in [2.45, 2.75) is 78.1 Å². The minimum atomic E-state index is -0.444. The first kappa shape index (κ1) is 20.8. The van der Waals surface area contributed by atoms with Gasteiger partial charge in [0.2, 0.25) is 0 Å². The summed E-state index contributed by atoms with van der Waals surface area (Å²) < 4.78 is 17.7. The second kappa shape index (κ2) is 6.47. The first-order valence-corrected chi connectivity index (χ1v) is 11.3. The smallest absolute Gasteiger partial charge is 0.342 e. The Morgan fingerprint density at radius 1 is 1.10 bits per heavy atom. The van der Waals surface area contributed by atoms with E-state index in [-0.39, 0.29) is 29.5 Å². The molecule has 5 rings (SSSR count). The maximum absolute atomic E-state index is 12.5. The van der Waals surface area contributed by atoms with Gasteiger partial charge in [0.15, 0.2) is 6.29 Å². The molecule has 6 nitrogen and oxygen atoms in total. The maximum Gasteiger partial charge on any atom is 0.342 e. The highest BCUT2D eigenvalue weighted by Crippen LogP contribution is 2.65. The van der Waals surface area contributed by atoms with Crippen LogP contribution in [0.1, 0.15) is 85.2 Å². The van der Waals surface area contributed by atoms with Crippen LogP contribution in [0.25, 0.3) is 0 Å². The van der Waals surface area contributed by atoms with Crippen LogP contribution in [0.4, 0.5) is 0 Å². The predicted molar refractivity (Wildman–Crippen MR) is 114 cm³/mol. The standard InChI is InChI=1S/C25H32O6/c1-23(2)16-6-9-25(4)17(24(16,3)8-7-18(23)27)10-13-20(31-25)14(11-26)15-12-30-22(28)19(15)21(13)29-5/h11,16-18,27H,6-10,12H2,1-5H3/t16-,17+,18+,24-,25+/m0/s1. The molecule has 0 saturated heterocycles. The molecule has 2 fully saturated rings. The molecule has 0 spiro atoms. The van der Waals surface area contributed by atoms with Crippen molar-refractivity contribution in [3.8, 4) is 11.5 Å². The van der Waals surface area contributed by atoms with E-state index in [1.807, 2.05) is 0 Å². The van der Waals surface area contributed by atoms with Gasteiger partial charge in [-0.25, -0.2) is 4.79 Å². The lowest BCUT2D eigenvalue weighted by atomic mass is 9.44. The minimum Gasteiger partial charge on any atom is -0.495 e. The number of esters is 1. The number of aldehydes is 1. The number of carbonyl (C=O) groups excluding carboxylic acids is 2. The van der Waals surface area contributed by atoms with Crippen LogP contribution in [-0.2, 0) is 17.8 Å². The summed E-state index contributed by atoms with van der Waals surface area (Å²) in [5, 5.41) is 10.8. The van der Waals surface area contributed by atoms with Gasteiger partial charge >= 0.3 is 5.97 Å². The number of aliphatic hydroxyl groups excluding tert-OH is 1. The van der Waals surface area contributed by atoms with Crippen molar-refractivity contribution in [3.05, 3.63) is 22.3 Å². The number of fused-ring (bicyclic) bond motifs is 5. The molecule has 1 aromatic rings. The summed E-state index contributed by atoms with van der Waals surface area (Å²) in [6.07, 6.45) is 4.69. The lowest BCUT2D eigenvalue weighted by Crippen LogP contribution is -2.63. The molecule has 1 N–H and O–H groups in total. The number of benzene rings is 1. The molecular weight excluding hydrogens is 396 g/mol. The number of aliphatic hydroxyl groups is 1. The van der Waals surface area contributed by atoms with Crippen LogP contribution in [0.5, 0.6) is 11.5 Å². The zero-order chi connectivity index (χ0) is 22.3. The van der Waals surface area contributed by atoms with Gasteiger partial charge in [-0.3, -0.25) is 4.79 Å². The van der Waals surface area contributed by atoms with E-state index >= 15 is 0 Å². The van der Waals surface area contributed by atoms with Crippen LogP contribution in [0.2, 0.25) is 0 Å². The third-order valence-corrected chi connectivity index (χ3v) is 9.24. The van der Waals surface area contributed by atoms with Crippen LogP contribution < -0.4 is 9.47 Å². The van der Waals surface area contributed by atoms with E-state index < -0.39 is 11.6 Å². The van der Waals surface area contributed by atoms with Crippen molar-refractivity contribution < 1.29 is 28.9 Å². The van der Waals surface area contributed by atoms with Crippen LogP contribution in [0.15, 0.2) is 0 Å². The average molecular weight is 429 g/mol. The SMILES string of the molecule is COc1c2c(c(C=O)c3c1C(=O)OC3)O[C@]1(C)CC[C@H]3C(C)(C)[C@H](O)CC[C@]3(C)[C@H]1C2. The van der Waals surface area contributed by atoms with Crippen molar-refractivity contribution in [3.63, 3.8) is 0 Å². The molecule has 31 heavy (non-hydrogen) atoms. The Morgan fingerprint density at radius 3 is 2.52 bits per heavy atom. The van der Waals surface area contributed by atoms with E-state index in [0.717, 1.165) is 37.5 Å². The lowest BCUT2D eigenvalue weighted by molar-refractivity contribution is -0.191. The maximum atomic E-state index is 12.5. The summed E-state index contributed by atoms with van der Waals surface area (Å²) in [6, 6.07) is 0. The third-order valence-electron chi connectivity index (χ3n) is 9.24. The number of cyclic esters (lactones) is 1. The fraction of sp³-hybridized carbons (Fsp3) is 0.680. The van der Waals surface area contributed by atoms with Crippen LogP contribution >= 0.6 is 0 Å². The van der Waals surface area contributed by atoms with E-state index in [1.54, 1.807) is 7.11 Å². The number of methoxy groups -OCH3 is 1. The quantitative estimate of drug-likeness (QED) is 0.565. The highest BCUT2D eigenvalue weighted by molar-refractivity contribution is 6.01. The highest BCUT2D eigenvalue weighted by atomic mass is 16.5. The number of rotatable bonds is 2. The largest absolute Gasteiger partial charge is 0.495 e. The van der Waals surface area contributed by atoms with Gasteiger partial charge in [-0.1, -0.05) is 20.8 Å². The highest BCUT2D eigenvalue weighted by Gasteiger charge is 2.63. The van der Waals surface area contributed by atoms with Gasteiger partial charge < -0.3 is 19.3 Å². The topological polar surface area (TPSA) is 82.1 Å². The van der Waals surface area contributed by atoms with Crippen LogP contribution in [0, 0.1) is 22.7 Å². The van der Waals surface area contributed by atoms with Crippen molar-refractivity contribution >= 4 is 12.3 Å². The molecule has 2 saturated carbocycles. The molecule has 6 heteroatoms. The second-order valence-corrected chi connectivity index (χ2v) is 10.9. The molecule has 2 aliphatic heterocycles. The molecule has 1 aromatic carbocycles. The molecular formula is C25H32O6. The molecule has 0 unspecified atom stereocenters. The van der Waals surface area contributed by atoms with Crippen molar-refractivity contribution in [2.75, 3.05) is 7.11 Å². The van der Waals surface area contributed by atoms with E-state index in [2.05, 4.69) is 27.7 Å². The minimum absolute atomic E-state index is 0.0285. The average Bonchev–Trinajstić information content (AvgIpc) is 3.09. The number of ether oxygens (including phenoxy) is 3. The van der Waals surface area contributed by atoms with Gasteiger partial charge in [-0.2, -0.15) is 0 Å². The molecule has 4 aliphatic rings. The van der Waals surface area contributed by atoms with Gasteiger partial charge in [-0.15, -0.1) is 0 Å². The van der Waals surface area contributed by atoms with Gasteiger partial charge in [0.25, 0.3) is 0 Å². The fourth-order valence-corrected chi connectivity index (χ4v) is 7.56. The van der Waals surface area contributed by atoms with Gasteiger partial charge in [0, 0.05) is 17.0 Å². The zero-order valence-corrected chi connectivity index (χ0v) is 19.0. The van der Waals surface area contributed by atoms with Gasteiger partial charge in [-0.05, 0) is 55.8 Å². The Labute approximate surface area is 183 Å². The predicted octanol–water partition coefficient (Wildman–Crippen LogP) is 4.09. The summed E-state index contributed by atoms with van der Waals surface area (Å²) >= 11 is 0. The first-order chi connectivity index (χ1) is 14.6. The Kier molecular flexibility index (Phi) is 4.34. The Hall–Kier alpha value is -2.08. The second-order valence-electron chi connectivity index (χ2n) is 10.9. The summed E-state index contributed by atoms with van der Waals surface area (Å²) in [6.45, 7) is 8.95. The molecule has 2 aliphatic carbocycles. The Balaban J connectivity index is 1.69. The molecule has 0 bridgehead atoms. The molecule has 2 heterocycles. The number of carbonyl (C=O) groups is 2. The van der Waals surface area contributed by atoms with Gasteiger partial charge in [0.1, 0.15) is 29.3 Å². The first-order valence-electron chi connectivity index (χ1n) is 11.3. The third kappa shape index (κ3) is 2.54. The molecule has 0 aromatic heterocycles. The monoisotopic (exact) mass is 428 g/mol. The fourth-order valence-electron chi connectivity index (χ4n) is 7.56. The number of hydrogen-bond donors (Lipinski definition) is 1. The molecule has 0 amide bonds. The van der Waals surface area contributed by atoms with Crippen LogP contribution in [0.3, 0.4) is 0 Å². The number of hydrogen-bond acceptors (Lipinski definition) is 6. The zero-order valence-electron chi connectivity index (χ0n) is 19.0. The molecule has 168 valence electrons. The molecule has 5 atom stereocenters. The summed E-state index contributed by atoms with van der Waals surface area (Å²) in [4.78, 5) is 24.6. The van der Waals surface area contributed by atoms with Gasteiger partial charge in [0.05, 0.1) is 18.8 Å². The Bertz CT molecular complexity index is 981.